The monoisotopic (exact) mass is 252 g/mol. The van der Waals surface area contributed by atoms with Crippen LogP contribution in [0.1, 0.15) is 25.2 Å². The molecule has 0 aliphatic carbocycles. The summed E-state index contributed by atoms with van der Waals surface area (Å²) < 4.78 is 1.69. The molecule has 0 atom stereocenters. The molecule has 2 heterocycles. The Kier molecular flexibility index (Phi) is 2.98. The average Bonchev–Trinajstić information content (AvgIpc) is 2.88. The van der Waals surface area contributed by atoms with E-state index in [1.165, 1.54) is 0 Å². The van der Waals surface area contributed by atoms with Gasteiger partial charge in [0.2, 0.25) is 0 Å². The lowest BCUT2D eigenvalue weighted by molar-refractivity contribution is 0.0973. The number of para-hydroxylation sites is 2. The largest absolute Gasteiger partial charge is 0.268 e. The van der Waals surface area contributed by atoms with Crippen LogP contribution in [0.3, 0.4) is 0 Å². The van der Waals surface area contributed by atoms with Crippen molar-refractivity contribution in [2.45, 2.75) is 14.9 Å². The fourth-order valence-corrected chi connectivity index (χ4v) is 2.40. The van der Waals surface area contributed by atoms with Crippen molar-refractivity contribution in [1.82, 2.24) is 9.55 Å². The molecule has 3 heteroatoms. The number of carbonyl (C=O) groups is 1. The molecule has 1 aromatic heterocycles. The first-order valence-corrected chi connectivity index (χ1v) is 5.48. The van der Waals surface area contributed by atoms with E-state index in [1.54, 1.807) is 4.57 Å². The summed E-state index contributed by atoms with van der Waals surface area (Å²) >= 11 is 0. The smallest absolute Gasteiger partial charge is 0.264 e. The first kappa shape index (κ1) is 13.0. The van der Waals surface area contributed by atoms with E-state index < -0.39 is 0 Å². The lowest BCUT2D eigenvalue weighted by Crippen LogP contribution is -2.05. The molecule has 0 saturated heterocycles. The van der Waals surface area contributed by atoms with Gasteiger partial charge in [-0.05, 0) is 18.2 Å². The van der Waals surface area contributed by atoms with Gasteiger partial charge in [0, 0.05) is 5.56 Å². The van der Waals surface area contributed by atoms with E-state index in [2.05, 4.69) is 4.98 Å². The molecule has 0 radical (unpaired) electrons. The lowest BCUT2D eigenvalue weighted by Gasteiger charge is -1.96. The zero-order valence-electron chi connectivity index (χ0n) is 8.92. The molecule has 0 spiro atoms. The normalized spacial score (nSPS) is 11.5. The number of hydrogen-bond acceptors (Lipinski definition) is 2. The first-order valence-electron chi connectivity index (χ1n) is 5.48. The molecular weight excluding hydrogens is 236 g/mol. The standard InChI is InChI=1S/C14H8N2O.2CH4/c17-14-10-6-2-1-5-9(10)13-15-11-7-3-4-8-12(11)16(13)14;;/h1-8H;2*1H4. The van der Waals surface area contributed by atoms with Crippen LogP contribution in [0, 0.1) is 0 Å². The van der Waals surface area contributed by atoms with E-state index in [0.29, 0.717) is 0 Å². The predicted molar refractivity (Wildman–Crippen MR) is 78.4 cm³/mol. The van der Waals surface area contributed by atoms with Crippen molar-refractivity contribution in [2.75, 3.05) is 0 Å². The van der Waals surface area contributed by atoms with Crippen LogP contribution in [0.4, 0.5) is 0 Å². The highest BCUT2D eigenvalue weighted by atomic mass is 16.2. The van der Waals surface area contributed by atoms with Gasteiger partial charge in [0.15, 0.2) is 0 Å². The second kappa shape index (κ2) is 4.35. The summed E-state index contributed by atoms with van der Waals surface area (Å²) in [5, 5.41) is 0. The van der Waals surface area contributed by atoms with Gasteiger partial charge in [0.1, 0.15) is 5.82 Å². The zero-order valence-corrected chi connectivity index (χ0v) is 8.92. The summed E-state index contributed by atoms with van der Waals surface area (Å²) in [6, 6.07) is 15.3. The quantitative estimate of drug-likeness (QED) is 0.474. The highest BCUT2D eigenvalue weighted by molar-refractivity contribution is 6.12. The van der Waals surface area contributed by atoms with E-state index in [9.17, 15) is 4.79 Å². The van der Waals surface area contributed by atoms with Crippen molar-refractivity contribution in [3.05, 3.63) is 54.1 Å². The van der Waals surface area contributed by atoms with Crippen molar-refractivity contribution in [2.24, 2.45) is 0 Å². The summed E-state index contributed by atoms with van der Waals surface area (Å²) in [6.45, 7) is 0. The van der Waals surface area contributed by atoms with Gasteiger partial charge in [0.25, 0.3) is 5.91 Å². The summed E-state index contributed by atoms with van der Waals surface area (Å²) in [7, 11) is 0. The molecule has 96 valence electrons. The maximum atomic E-state index is 12.3. The molecule has 0 amide bonds. The Morgan fingerprint density at radius 2 is 1.47 bits per heavy atom. The van der Waals surface area contributed by atoms with Crippen LogP contribution in [0.2, 0.25) is 0 Å². The van der Waals surface area contributed by atoms with Crippen LogP contribution >= 0.6 is 0 Å². The van der Waals surface area contributed by atoms with Gasteiger partial charge in [0.05, 0.1) is 16.6 Å². The highest BCUT2D eigenvalue weighted by Gasteiger charge is 2.29. The molecule has 0 bridgehead atoms. The SMILES string of the molecule is C.C.O=C1c2ccccc2-c2nc3ccccc3n21. The Hall–Kier alpha value is -2.42. The molecule has 3 aromatic rings. The maximum Gasteiger partial charge on any atom is 0.264 e. The second-order valence-corrected chi connectivity index (χ2v) is 4.11. The van der Waals surface area contributed by atoms with E-state index in [0.717, 1.165) is 28.0 Å². The Balaban J connectivity index is 0.000000667. The molecule has 0 unspecified atom stereocenters. The molecule has 1 aliphatic heterocycles. The molecule has 0 saturated carbocycles. The number of aromatic nitrogens is 2. The number of rotatable bonds is 0. The fourth-order valence-electron chi connectivity index (χ4n) is 2.40. The molecule has 3 nitrogen and oxygen atoms in total. The van der Waals surface area contributed by atoms with Gasteiger partial charge in [-0.15, -0.1) is 0 Å². The van der Waals surface area contributed by atoms with E-state index in [-0.39, 0.29) is 20.8 Å². The average molecular weight is 252 g/mol. The molecule has 2 aromatic carbocycles. The van der Waals surface area contributed by atoms with Crippen molar-refractivity contribution in [3.63, 3.8) is 0 Å². The van der Waals surface area contributed by atoms with Crippen LogP contribution in [0.25, 0.3) is 22.4 Å². The molecule has 1 aliphatic rings. The number of carbonyl (C=O) groups excluding carboxylic acids is 1. The van der Waals surface area contributed by atoms with Gasteiger partial charge >= 0.3 is 0 Å². The number of fused-ring (bicyclic) bond motifs is 5. The van der Waals surface area contributed by atoms with Gasteiger partial charge in [-0.2, -0.15) is 0 Å². The number of benzene rings is 2. The van der Waals surface area contributed by atoms with Crippen molar-refractivity contribution >= 4 is 16.9 Å². The summed E-state index contributed by atoms with van der Waals surface area (Å²) in [6.07, 6.45) is 0. The topological polar surface area (TPSA) is 34.9 Å². The second-order valence-electron chi connectivity index (χ2n) is 4.11. The third kappa shape index (κ3) is 1.51. The number of imidazole rings is 1. The van der Waals surface area contributed by atoms with Crippen LogP contribution < -0.4 is 0 Å². The third-order valence-corrected chi connectivity index (χ3v) is 3.16. The van der Waals surface area contributed by atoms with Crippen molar-refractivity contribution in [1.29, 1.82) is 0 Å². The predicted octanol–water partition coefficient (Wildman–Crippen LogP) is 3.98. The Morgan fingerprint density at radius 3 is 2.26 bits per heavy atom. The Morgan fingerprint density at radius 1 is 0.842 bits per heavy atom. The van der Waals surface area contributed by atoms with Crippen LogP contribution in [-0.4, -0.2) is 15.5 Å². The summed E-state index contributed by atoms with van der Waals surface area (Å²) in [5.74, 6) is 0.774. The Labute approximate surface area is 112 Å². The minimum absolute atomic E-state index is 0. The molecular formula is C16H16N2O. The molecule has 4 rings (SSSR count). The van der Waals surface area contributed by atoms with E-state index in [4.69, 9.17) is 0 Å². The van der Waals surface area contributed by atoms with Gasteiger partial charge in [-0.3, -0.25) is 9.36 Å². The number of nitrogens with zero attached hydrogens (tertiary/aromatic N) is 2. The van der Waals surface area contributed by atoms with E-state index >= 15 is 0 Å². The minimum atomic E-state index is 0. The van der Waals surface area contributed by atoms with Crippen LogP contribution in [0.5, 0.6) is 0 Å². The zero-order chi connectivity index (χ0) is 11.4. The van der Waals surface area contributed by atoms with Gasteiger partial charge < -0.3 is 0 Å². The fraction of sp³-hybridized carbons (Fsp3) is 0.125. The molecule has 19 heavy (non-hydrogen) atoms. The minimum Gasteiger partial charge on any atom is -0.268 e. The molecule has 0 N–H and O–H groups in total. The third-order valence-electron chi connectivity index (χ3n) is 3.16. The van der Waals surface area contributed by atoms with Crippen LogP contribution in [0.15, 0.2) is 48.5 Å². The van der Waals surface area contributed by atoms with E-state index in [1.807, 2.05) is 48.5 Å². The summed E-state index contributed by atoms with van der Waals surface area (Å²) in [4.78, 5) is 16.8. The molecule has 0 fully saturated rings. The number of hydrogen-bond donors (Lipinski definition) is 0. The van der Waals surface area contributed by atoms with Crippen molar-refractivity contribution < 1.29 is 4.79 Å². The summed E-state index contributed by atoms with van der Waals surface area (Å²) in [5.41, 5.74) is 3.41. The van der Waals surface area contributed by atoms with Gasteiger partial charge in [-0.25, -0.2) is 4.98 Å². The van der Waals surface area contributed by atoms with Crippen LogP contribution in [-0.2, 0) is 0 Å². The van der Waals surface area contributed by atoms with Crippen molar-refractivity contribution in [3.8, 4) is 11.4 Å². The lowest BCUT2D eigenvalue weighted by atomic mass is 10.1. The Bertz CT molecular complexity index is 771. The highest BCUT2D eigenvalue weighted by Crippen LogP contribution is 2.33. The maximum absolute atomic E-state index is 12.3. The van der Waals surface area contributed by atoms with Gasteiger partial charge in [-0.1, -0.05) is 45.2 Å². The first-order chi connectivity index (χ1) is 8.36.